The van der Waals surface area contributed by atoms with Gasteiger partial charge in [-0.05, 0) is 13.3 Å². The predicted octanol–water partition coefficient (Wildman–Crippen LogP) is 2.95. The summed E-state index contributed by atoms with van der Waals surface area (Å²) in [4.78, 5) is 11.4. The lowest BCUT2D eigenvalue weighted by Gasteiger charge is -1.93. The van der Waals surface area contributed by atoms with Gasteiger partial charge in [-0.1, -0.05) is 42.9 Å². The quantitative estimate of drug-likeness (QED) is 0.624. The van der Waals surface area contributed by atoms with Crippen LogP contribution in [0.1, 0.15) is 31.7 Å². The van der Waals surface area contributed by atoms with Crippen LogP contribution in [0, 0.1) is 0 Å². The number of hydrogen-bond donors (Lipinski definition) is 1. The lowest BCUT2D eigenvalue weighted by Crippen LogP contribution is -2.07. The molecule has 0 spiro atoms. The normalized spacial score (nSPS) is 11.4. The maximum atomic E-state index is 11.4. The number of allylic oxidation sites excluding steroid dienone is 3. The molecule has 1 N–H and O–H groups in total. The van der Waals surface area contributed by atoms with E-state index in [9.17, 15) is 4.79 Å². The molecule has 1 aromatic heterocycles. The lowest BCUT2D eigenvalue weighted by molar-refractivity contribution is -0.111. The summed E-state index contributed by atoms with van der Waals surface area (Å²) in [6.07, 6.45) is 9.97. The fraction of sp³-hybridized carbons (Fsp3) is 0.417. The molecule has 0 aliphatic heterocycles. The van der Waals surface area contributed by atoms with Crippen molar-refractivity contribution in [1.29, 1.82) is 0 Å². The highest BCUT2D eigenvalue weighted by Crippen LogP contribution is 2.16. The van der Waals surface area contributed by atoms with Gasteiger partial charge >= 0.3 is 0 Å². The number of nitrogens with zero attached hydrogens (tertiary/aromatic N) is 2. The van der Waals surface area contributed by atoms with Crippen LogP contribution in [-0.4, -0.2) is 16.1 Å². The van der Waals surface area contributed by atoms with Crippen molar-refractivity contribution in [3.63, 3.8) is 0 Å². The van der Waals surface area contributed by atoms with Crippen LogP contribution in [0.5, 0.6) is 0 Å². The Bertz CT molecular complexity index is 410. The summed E-state index contributed by atoms with van der Waals surface area (Å²) in [5.74, 6) is -0.179. The van der Waals surface area contributed by atoms with Crippen molar-refractivity contribution in [2.45, 2.75) is 33.1 Å². The molecular formula is C12H17N3OS. The van der Waals surface area contributed by atoms with Gasteiger partial charge in [0.25, 0.3) is 0 Å². The Morgan fingerprint density at radius 3 is 2.94 bits per heavy atom. The van der Waals surface area contributed by atoms with Crippen LogP contribution in [0.15, 0.2) is 24.3 Å². The number of amides is 1. The van der Waals surface area contributed by atoms with Crippen molar-refractivity contribution >= 4 is 22.4 Å². The Labute approximate surface area is 105 Å². The summed E-state index contributed by atoms with van der Waals surface area (Å²) in [7, 11) is 0. The van der Waals surface area contributed by atoms with Crippen molar-refractivity contribution in [3.8, 4) is 0 Å². The number of aromatic nitrogens is 2. The fourth-order valence-corrected chi connectivity index (χ4v) is 1.92. The Morgan fingerprint density at radius 2 is 2.24 bits per heavy atom. The molecule has 0 atom stereocenters. The maximum absolute atomic E-state index is 11.4. The second-order valence-corrected chi connectivity index (χ2v) is 4.54. The molecule has 1 rings (SSSR count). The number of nitrogens with one attached hydrogen (secondary N) is 1. The van der Waals surface area contributed by atoms with Gasteiger partial charge < -0.3 is 0 Å². The van der Waals surface area contributed by atoms with Crippen LogP contribution >= 0.6 is 11.3 Å². The molecule has 0 bridgehead atoms. The van der Waals surface area contributed by atoms with Crippen molar-refractivity contribution in [1.82, 2.24) is 10.2 Å². The molecule has 4 nitrogen and oxygen atoms in total. The largest absolute Gasteiger partial charge is 0.297 e. The van der Waals surface area contributed by atoms with Crippen molar-refractivity contribution in [2.75, 3.05) is 5.32 Å². The summed E-state index contributed by atoms with van der Waals surface area (Å²) in [5.41, 5.74) is 0. The van der Waals surface area contributed by atoms with Crippen molar-refractivity contribution < 1.29 is 4.79 Å². The molecule has 1 heterocycles. The molecule has 17 heavy (non-hydrogen) atoms. The molecule has 0 aliphatic carbocycles. The average molecular weight is 251 g/mol. The molecule has 0 aromatic carbocycles. The molecule has 0 radical (unpaired) electrons. The summed E-state index contributed by atoms with van der Waals surface area (Å²) in [6, 6.07) is 0. The third-order valence-electron chi connectivity index (χ3n) is 1.99. The molecule has 92 valence electrons. The van der Waals surface area contributed by atoms with E-state index in [1.807, 2.05) is 13.0 Å². The Balaban J connectivity index is 2.45. The number of carbonyl (C=O) groups is 1. The minimum absolute atomic E-state index is 0.179. The van der Waals surface area contributed by atoms with Gasteiger partial charge in [0, 0.05) is 12.5 Å². The number of aryl methyl sites for hydroxylation is 1. The fourth-order valence-electron chi connectivity index (χ4n) is 1.13. The first-order valence-electron chi connectivity index (χ1n) is 5.69. The lowest BCUT2D eigenvalue weighted by atomic mass is 10.3. The van der Waals surface area contributed by atoms with Crippen molar-refractivity contribution in [2.24, 2.45) is 0 Å². The number of unbranched alkanes of at least 4 members (excludes halogenated alkanes) is 1. The van der Waals surface area contributed by atoms with E-state index in [4.69, 9.17) is 0 Å². The third kappa shape index (κ3) is 5.40. The van der Waals surface area contributed by atoms with Gasteiger partial charge in [-0.2, -0.15) is 0 Å². The highest BCUT2D eigenvalue weighted by molar-refractivity contribution is 7.15. The minimum Gasteiger partial charge on any atom is -0.297 e. The molecule has 5 heteroatoms. The van der Waals surface area contributed by atoms with Crippen LogP contribution in [-0.2, 0) is 11.2 Å². The van der Waals surface area contributed by atoms with Crippen LogP contribution < -0.4 is 5.32 Å². The average Bonchev–Trinajstić information content (AvgIpc) is 2.74. The molecular weight excluding hydrogens is 234 g/mol. The molecule has 0 unspecified atom stereocenters. The van der Waals surface area contributed by atoms with Gasteiger partial charge in [-0.15, -0.1) is 10.2 Å². The molecule has 0 saturated heterocycles. The van der Waals surface area contributed by atoms with Crippen molar-refractivity contribution in [3.05, 3.63) is 29.3 Å². The van der Waals surface area contributed by atoms with E-state index in [1.165, 1.54) is 17.4 Å². The SMILES string of the molecule is C/C=C/C=C/C(=O)Nc1nnc(CCCC)s1. The Hall–Kier alpha value is -1.49. The second kappa shape index (κ2) is 7.73. The highest BCUT2D eigenvalue weighted by Gasteiger charge is 2.05. The first kappa shape index (κ1) is 13.6. The first-order chi connectivity index (χ1) is 8.26. The monoisotopic (exact) mass is 251 g/mol. The zero-order valence-electron chi connectivity index (χ0n) is 10.1. The van der Waals surface area contributed by atoms with Crippen LogP contribution in [0.4, 0.5) is 5.13 Å². The smallest absolute Gasteiger partial charge is 0.250 e. The molecule has 0 saturated carbocycles. The summed E-state index contributed by atoms with van der Waals surface area (Å²) >= 11 is 1.43. The zero-order chi connectivity index (χ0) is 12.5. The molecule has 0 aliphatic rings. The topological polar surface area (TPSA) is 54.9 Å². The van der Waals surface area contributed by atoms with E-state index < -0.39 is 0 Å². The predicted molar refractivity (Wildman–Crippen MR) is 71.1 cm³/mol. The highest BCUT2D eigenvalue weighted by atomic mass is 32.1. The van der Waals surface area contributed by atoms with Gasteiger partial charge in [0.05, 0.1) is 0 Å². The van der Waals surface area contributed by atoms with Crippen LogP contribution in [0.25, 0.3) is 0 Å². The van der Waals surface area contributed by atoms with Crippen LogP contribution in [0.3, 0.4) is 0 Å². The molecule has 1 aromatic rings. The van der Waals surface area contributed by atoms with Crippen LogP contribution in [0.2, 0.25) is 0 Å². The van der Waals surface area contributed by atoms with Gasteiger partial charge in [-0.25, -0.2) is 0 Å². The summed E-state index contributed by atoms with van der Waals surface area (Å²) in [5, 5.41) is 12.2. The third-order valence-corrected chi connectivity index (χ3v) is 2.89. The van der Waals surface area contributed by atoms with E-state index in [0.29, 0.717) is 5.13 Å². The molecule has 1 amide bonds. The van der Waals surface area contributed by atoms with E-state index in [0.717, 1.165) is 24.3 Å². The summed E-state index contributed by atoms with van der Waals surface area (Å²) in [6.45, 7) is 4.03. The Morgan fingerprint density at radius 1 is 1.41 bits per heavy atom. The van der Waals surface area contributed by atoms with E-state index >= 15 is 0 Å². The second-order valence-electron chi connectivity index (χ2n) is 3.48. The number of hydrogen-bond acceptors (Lipinski definition) is 4. The maximum Gasteiger partial charge on any atom is 0.250 e. The zero-order valence-corrected chi connectivity index (χ0v) is 11.0. The van der Waals surface area contributed by atoms with Gasteiger partial charge in [0.15, 0.2) is 0 Å². The van der Waals surface area contributed by atoms with E-state index in [-0.39, 0.29) is 5.91 Å². The Kier molecular flexibility index (Phi) is 6.17. The first-order valence-corrected chi connectivity index (χ1v) is 6.50. The number of rotatable bonds is 6. The van der Waals surface area contributed by atoms with E-state index in [1.54, 1.807) is 12.2 Å². The minimum atomic E-state index is -0.179. The molecule has 0 fully saturated rings. The standard InChI is InChI=1S/C12H17N3OS/c1-3-5-7-8-10(16)13-12-15-14-11(17-12)9-6-4-2/h3,5,7-8H,4,6,9H2,1-2H3,(H,13,15,16)/b5-3+,8-7+. The number of anilines is 1. The number of carbonyl (C=O) groups excluding carboxylic acids is 1. The van der Waals surface area contributed by atoms with Gasteiger partial charge in [0.2, 0.25) is 11.0 Å². The van der Waals surface area contributed by atoms with E-state index in [2.05, 4.69) is 22.4 Å². The van der Waals surface area contributed by atoms with Gasteiger partial charge in [-0.3, -0.25) is 10.1 Å². The van der Waals surface area contributed by atoms with Gasteiger partial charge in [0.1, 0.15) is 5.01 Å². The summed E-state index contributed by atoms with van der Waals surface area (Å²) < 4.78 is 0.